The van der Waals surface area contributed by atoms with Gasteiger partial charge in [0.15, 0.2) is 0 Å². The van der Waals surface area contributed by atoms with Gasteiger partial charge in [-0.05, 0) is 12.1 Å². The molecule has 0 saturated heterocycles. The van der Waals surface area contributed by atoms with Crippen molar-refractivity contribution in [3.8, 4) is 0 Å². The van der Waals surface area contributed by atoms with Gasteiger partial charge in [-0.2, -0.15) is 13.2 Å². The second-order valence-electron chi connectivity index (χ2n) is 2.95. The zero-order chi connectivity index (χ0) is 12.6. The van der Waals surface area contributed by atoms with E-state index >= 15 is 0 Å². The molecular formula is C8H5ClF4O2S. The van der Waals surface area contributed by atoms with Gasteiger partial charge in [-0.3, -0.25) is 0 Å². The van der Waals surface area contributed by atoms with E-state index in [1.807, 2.05) is 0 Å². The Morgan fingerprint density at radius 1 is 1.25 bits per heavy atom. The monoisotopic (exact) mass is 276 g/mol. The Kier molecular flexibility index (Phi) is 3.49. The molecule has 0 radical (unpaired) electrons. The highest BCUT2D eigenvalue weighted by molar-refractivity contribution is 8.13. The fourth-order valence-corrected chi connectivity index (χ4v) is 2.11. The van der Waals surface area contributed by atoms with Crippen LogP contribution in [0.5, 0.6) is 0 Å². The number of hydrogen-bond acceptors (Lipinski definition) is 2. The van der Waals surface area contributed by atoms with E-state index in [9.17, 15) is 26.0 Å². The van der Waals surface area contributed by atoms with Gasteiger partial charge in [-0.1, -0.05) is 6.07 Å². The first-order chi connectivity index (χ1) is 7.11. The molecule has 0 heterocycles. The highest BCUT2D eigenvalue weighted by Gasteiger charge is 2.35. The Morgan fingerprint density at radius 3 is 2.25 bits per heavy atom. The van der Waals surface area contributed by atoms with E-state index in [4.69, 9.17) is 10.7 Å². The molecule has 2 nitrogen and oxygen atoms in total. The van der Waals surface area contributed by atoms with E-state index in [0.717, 1.165) is 12.1 Å². The number of benzene rings is 1. The van der Waals surface area contributed by atoms with Crippen LogP contribution in [0.4, 0.5) is 17.6 Å². The molecule has 0 aromatic heterocycles. The standard InChI is InChI=1S/C8H5ClF4O2S/c9-16(14,15)4-5-6(8(11,12)13)2-1-3-7(5)10/h1-3H,4H2. The molecular weight excluding hydrogens is 272 g/mol. The summed E-state index contributed by atoms with van der Waals surface area (Å²) in [5.41, 5.74) is -2.30. The second kappa shape index (κ2) is 4.21. The van der Waals surface area contributed by atoms with Gasteiger partial charge in [0, 0.05) is 16.2 Å². The fraction of sp³-hybridized carbons (Fsp3) is 0.250. The molecule has 0 fully saturated rings. The molecule has 0 unspecified atom stereocenters. The van der Waals surface area contributed by atoms with E-state index in [0.29, 0.717) is 6.07 Å². The predicted octanol–water partition coefficient (Wildman–Crippen LogP) is 2.91. The normalized spacial score (nSPS) is 12.8. The van der Waals surface area contributed by atoms with Crippen LogP contribution >= 0.6 is 10.7 Å². The average molecular weight is 277 g/mol. The van der Waals surface area contributed by atoms with Crippen molar-refractivity contribution < 1.29 is 26.0 Å². The lowest BCUT2D eigenvalue weighted by atomic mass is 10.1. The molecule has 1 aromatic carbocycles. The number of alkyl halides is 3. The van der Waals surface area contributed by atoms with Crippen molar-refractivity contribution in [2.45, 2.75) is 11.9 Å². The fourth-order valence-electron chi connectivity index (χ4n) is 1.14. The molecule has 0 amide bonds. The van der Waals surface area contributed by atoms with Crippen molar-refractivity contribution in [2.24, 2.45) is 0 Å². The van der Waals surface area contributed by atoms with Crippen LogP contribution in [0.2, 0.25) is 0 Å². The van der Waals surface area contributed by atoms with Crippen LogP contribution in [0.3, 0.4) is 0 Å². The molecule has 0 atom stereocenters. The molecule has 90 valence electrons. The smallest absolute Gasteiger partial charge is 0.212 e. The molecule has 0 bridgehead atoms. The minimum atomic E-state index is -4.82. The van der Waals surface area contributed by atoms with Crippen molar-refractivity contribution >= 4 is 19.7 Å². The van der Waals surface area contributed by atoms with Crippen molar-refractivity contribution in [1.29, 1.82) is 0 Å². The van der Waals surface area contributed by atoms with E-state index in [1.54, 1.807) is 0 Å². The zero-order valence-electron chi connectivity index (χ0n) is 7.55. The lowest BCUT2D eigenvalue weighted by Gasteiger charge is -2.12. The lowest BCUT2D eigenvalue weighted by Crippen LogP contribution is -2.12. The van der Waals surface area contributed by atoms with Crippen LogP contribution in [0, 0.1) is 5.82 Å². The summed E-state index contributed by atoms with van der Waals surface area (Å²) in [5, 5.41) is 0. The zero-order valence-corrected chi connectivity index (χ0v) is 9.13. The van der Waals surface area contributed by atoms with E-state index in [2.05, 4.69) is 0 Å². The molecule has 1 rings (SSSR count). The quantitative estimate of drug-likeness (QED) is 0.615. The Labute approximate surface area is 93.3 Å². The van der Waals surface area contributed by atoms with Crippen molar-refractivity contribution in [1.82, 2.24) is 0 Å². The van der Waals surface area contributed by atoms with Crippen LogP contribution in [0.25, 0.3) is 0 Å². The maximum Gasteiger partial charge on any atom is 0.416 e. The number of halogens is 5. The summed E-state index contributed by atoms with van der Waals surface area (Å²) in [6.07, 6.45) is -4.82. The maximum absolute atomic E-state index is 13.1. The van der Waals surface area contributed by atoms with E-state index in [1.165, 1.54) is 0 Å². The molecule has 16 heavy (non-hydrogen) atoms. The van der Waals surface area contributed by atoms with E-state index in [-0.39, 0.29) is 0 Å². The van der Waals surface area contributed by atoms with Crippen molar-refractivity contribution in [3.05, 3.63) is 35.1 Å². The molecule has 0 saturated carbocycles. The molecule has 0 aliphatic carbocycles. The summed E-state index contributed by atoms with van der Waals surface area (Å²) >= 11 is 0. The lowest BCUT2D eigenvalue weighted by molar-refractivity contribution is -0.138. The third kappa shape index (κ3) is 3.34. The van der Waals surface area contributed by atoms with Gasteiger partial charge in [-0.15, -0.1) is 0 Å². The van der Waals surface area contributed by atoms with Gasteiger partial charge in [0.1, 0.15) is 5.82 Å². The third-order valence-electron chi connectivity index (χ3n) is 1.74. The van der Waals surface area contributed by atoms with Gasteiger partial charge in [0.25, 0.3) is 0 Å². The highest BCUT2D eigenvalue weighted by Crippen LogP contribution is 2.34. The summed E-state index contributed by atoms with van der Waals surface area (Å²) < 4.78 is 71.6. The highest BCUT2D eigenvalue weighted by atomic mass is 35.7. The Bertz CT molecular complexity index is 495. The largest absolute Gasteiger partial charge is 0.416 e. The first-order valence-electron chi connectivity index (χ1n) is 3.88. The van der Waals surface area contributed by atoms with Crippen molar-refractivity contribution in [2.75, 3.05) is 0 Å². The minimum absolute atomic E-state index is 0.598. The van der Waals surface area contributed by atoms with Crippen LogP contribution in [-0.4, -0.2) is 8.42 Å². The van der Waals surface area contributed by atoms with Crippen molar-refractivity contribution in [3.63, 3.8) is 0 Å². The first kappa shape index (κ1) is 13.2. The summed E-state index contributed by atoms with van der Waals surface area (Å²) in [6.45, 7) is 0. The average Bonchev–Trinajstić information content (AvgIpc) is 2.04. The van der Waals surface area contributed by atoms with Crippen LogP contribution in [-0.2, 0) is 21.0 Å². The van der Waals surface area contributed by atoms with Crippen LogP contribution in [0.1, 0.15) is 11.1 Å². The summed E-state index contributed by atoms with van der Waals surface area (Å²) in [5.74, 6) is -2.45. The molecule has 8 heteroatoms. The number of hydrogen-bond donors (Lipinski definition) is 0. The minimum Gasteiger partial charge on any atom is -0.212 e. The van der Waals surface area contributed by atoms with Gasteiger partial charge in [0.2, 0.25) is 9.05 Å². The summed E-state index contributed by atoms with van der Waals surface area (Å²) in [6, 6.07) is 2.19. The second-order valence-corrected chi connectivity index (χ2v) is 5.72. The van der Waals surface area contributed by atoms with Gasteiger partial charge in [0.05, 0.1) is 11.3 Å². The summed E-state index contributed by atoms with van der Waals surface area (Å²) in [4.78, 5) is 0. The summed E-state index contributed by atoms with van der Waals surface area (Å²) in [7, 11) is 0.550. The molecule has 0 aliphatic rings. The van der Waals surface area contributed by atoms with Crippen LogP contribution in [0.15, 0.2) is 18.2 Å². The Hall–Kier alpha value is -0.820. The molecule has 0 aliphatic heterocycles. The van der Waals surface area contributed by atoms with Gasteiger partial charge < -0.3 is 0 Å². The van der Waals surface area contributed by atoms with Gasteiger partial charge in [-0.25, -0.2) is 12.8 Å². The predicted molar refractivity (Wildman–Crippen MR) is 49.9 cm³/mol. The van der Waals surface area contributed by atoms with E-state index < -0.39 is 37.9 Å². The SMILES string of the molecule is O=S(=O)(Cl)Cc1c(F)cccc1C(F)(F)F. The molecule has 0 spiro atoms. The van der Waals surface area contributed by atoms with Gasteiger partial charge >= 0.3 is 6.18 Å². The Balaban J connectivity index is 3.36. The number of rotatable bonds is 2. The molecule has 0 N–H and O–H groups in total. The van der Waals surface area contributed by atoms with Crippen LogP contribution < -0.4 is 0 Å². The topological polar surface area (TPSA) is 34.1 Å². The first-order valence-corrected chi connectivity index (χ1v) is 6.36. The third-order valence-corrected chi connectivity index (χ3v) is 2.70. The Morgan fingerprint density at radius 2 is 1.81 bits per heavy atom. The maximum atomic E-state index is 13.1. The molecule has 1 aromatic rings.